The van der Waals surface area contributed by atoms with Gasteiger partial charge in [0.15, 0.2) is 0 Å². The molecule has 0 bridgehead atoms. The molecule has 3 heteroatoms. The molecule has 0 unspecified atom stereocenters. The summed E-state index contributed by atoms with van der Waals surface area (Å²) in [4.78, 5) is 0. The predicted octanol–water partition coefficient (Wildman–Crippen LogP) is 1.64. The van der Waals surface area contributed by atoms with Gasteiger partial charge in [-0.1, -0.05) is 22.6 Å². The number of hydrogen-bond acceptors (Lipinski definition) is 2. The van der Waals surface area contributed by atoms with Crippen molar-refractivity contribution >= 4 is 34.0 Å². The lowest BCUT2D eigenvalue weighted by Crippen LogP contribution is -2.13. The Morgan fingerprint density at radius 1 is 1.25 bits per heavy atom. The van der Waals surface area contributed by atoms with Gasteiger partial charge >= 0.3 is 0 Å². The van der Waals surface area contributed by atoms with Gasteiger partial charge in [-0.15, -0.1) is 0 Å². The lowest BCUT2D eigenvalue weighted by molar-refractivity contribution is 1.26. The third-order valence-electron chi connectivity index (χ3n) is 1.10. The second-order valence-electron chi connectivity index (χ2n) is 1.85. The smallest absolute Gasteiger partial charge is 0.0905 e. The van der Waals surface area contributed by atoms with E-state index < -0.39 is 0 Å². The molecule has 2 nitrogen and oxygen atoms in total. The first kappa shape index (κ1) is 6.19. The molecule has 1 aliphatic rings. The molecule has 0 radical (unpaired) electrons. The second-order valence-corrected chi connectivity index (χ2v) is 3.09. The van der Waals surface area contributed by atoms with E-state index in [0.29, 0.717) is 3.92 Å². The molecule has 0 aromatic rings. The van der Waals surface area contributed by atoms with E-state index in [0.717, 1.165) is 11.4 Å². The van der Waals surface area contributed by atoms with Crippen LogP contribution in [0.2, 0.25) is 0 Å². The zero-order chi connectivity index (χ0) is 6.15. The normalized spacial score (nSPS) is 20.9. The van der Waals surface area contributed by atoms with Crippen molar-refractivity contribution in [1.29, 1.82) is 0 Å². The van der Waals surface area contributed by atoms with Crippen LogP contribution in [0.15, 0.2) is 10.2 Å². The zero-order valence-electron chi connectivity index (χ0n) is 4.85. The fourth-order valence-electron chi connectivity index (χ4n) is 0.561. The molecule has 1 rings (SSSR count). The summed E-state index contributed by atoms with van der Waals surface area (Å²) in [5, 5.41) is 7.79. The number of rotatable bonds is 0. The van der Waals surface area contributed by atoms with E-state index in [1.807, 2.05) is 13.8 Å². The van der Waals surface area contributed by atoms with Gasteiger partial charge in [0.1, 0.15) is 0 Å². The summed E-state index contributed by atoms with van der Waals surface area (Å²) in [5.41, 5.74) is 2.23. The van der Waals surface area contributed by atoms with Crippen molar-refractivity contribution in [3.05, 3.63) is 0 Å². The maximum Gasteiger partial charge on any atom is 0.0905 e. The van der Waals surface area contributed by atoms with Gasteiger partial charge in [0.05, 0.1) is 15.3 Å². The van der Waals surface area contributed by atoms with Crippen LogP contribution in [0.3, 0.4) is 0 Å². The molecule has 0 spiro atoms. The van der Waals surface area contributed by atoms with Crippen LogP contribution >= 0.6 is 22.6 Å². The topological polar surface area (TPSA) is 24.7 Å². The molecular formula is C5H7IN2. The summed E-state index contributed by atoms with van der Waals surface area (Å²) >= 11 is 2.32. The van der Waals surface area contributed by atoms with Gasteiger partial charge in [0, 0.05) is 0 Å². The van der Waals surface area contributed by atoms with E-state index >= 15 is 0 Å². The van der Waals surface area contributed by atoms with Gasteiger partial charge in [-0.2, -0.15) is 10.2 Å². The third-order valence-corrected chi connectivity index (χ3v) is 2.90. The van der Waals surface area contributed by atoms with Gasteiger partial charge in [0.25, 0.3) is 0 Å². The Hall–Kier alpha value is 0.0700. The number of hydrogen-bond donors (Lipinski definition) is 0. The monoisotopic (exact) mass is 222 g/mol. The summed E-state index contributed by atoms with van der Waals surface area (Å²) in [6, 6.07) is 0. The Morgan fingerprint density at radius 2 is 1.62 bits per heavy atom. The van der Waals surface area contributed by atoms with Crippen molar-refractivity contribution in [2.45, 2.75) is 17.8 Å². The average molecular weight is 222 g/mol. The molecule has 1 heterocycles. The fourth-order valence-corrected chi connectivity index (χ4v) is 0.811. The first-order valence-corrected chi connectivity index (χ1v) is 3.69. The van der Waals surface area contributed by atoms with Crippen molar-refractivity contribution in [1.82, 2.24) is 0 Å². The molecule has 0 atom stereocenters. The summed E-state index contributed by atoms with van der Waals surface area (Å²) in [5.74, 6) is 0. The lowest BCUT2D eigenvalue weighted by Gasteiger charge is -1.96. The third kappa shape index (κ3) is 0.913. The molecule has 0 fully saturated rings. The first-order chi connectivity index (χ1) is 3.72. The Morgan fingerprint density at radius 3 is 1.75 bits per heavy atom. The minimum absolute atomic E-state index is 0.451. The van der Waals surface area contributed by atoms with Crippen molar-refractivity contribution < 1.29 is 0 Å². The number of nitrogens with zero attached hydrogens (tertiary/aromatic N) is 2. The molecule has 0 aromatic carbocycles. The maximum absolute atomic E-state index is 3.90. The Bertz CT molecular complexity index is 142. The lowest BCUT2D eigenvalue weighted by atomic mass is 10.2. The van der Waals surface area contributed by atoms with Crippen LogP contribution < -0.4 is 0 Å². The van der Waals surface area contributed by atoms with E-state index in [1.165, 1.54) is 0 Å². The zero-order valence-corrected chi connectivity index (χ0v) is 7.01. The summed E-state index contributed by atoms with van der Waals surface area (Å²) in [7, 11) is 0. The molecule has 0 aliphatic carbocycles. The Kier molecular flexibility index (Phi) is 1.65. The highest BCUT2D eigenvalue weighted by Gasteiger charge is 2.15. The highest BCUT2D eigenvalue weighted by Crippen LogP contribution is 2.11. The highest BCUT2D eigenvalue weighted by molar-refractivity contribution is 14.1. The molecule has 0 saturated carbocycles. The number of alkyl halides is 1. The SMILES string of the molecule is CC1=NN=C(C)C1I. The van der Waals surface area contributed by atoms with Gasteiger partial charge < -0.3 is 0 Å². The summed E-state index contributed by atoms with van der Waals surface area (Å²) in [6.07, 6.45) is 0. The molecule has 1 aliphatic heterocycles. The van der Waals surface area contributed by atoms with E-state index in [4.69, 9.17) is 0 Å². The van der Waals surface area contributed by atoms with Crippen LogP contribution in [-0.2, 0) is 0 Å². The van der Waals surface area contributed by atoms with E-state index in [2.05, 4.69) is 32.8 Å². The molecule has 0 N–H and O–H groups in total. The molecule has 8 heavy (non-hydrogen) atoms. The van der Waals surface area contributed by atoms with E-state index in [1.54, 1.807) is 0 Å². The van der Waals surface area contributed by atoms with Crippen molar-refractivity contribution in [3.63, 3.8) is 0 Å². The minimum Gasteiger partial charge on any atom is -0.159 e. The van der Waals surface area contributed by atoms with Crippen LogP contribution in [0.4, 0.5) is 0 Å². The highest BCUT2D eigenvalue weighted by atomic mass is 127. The van der Waals surface area contributed by atoms with Crippen molar-refractivity contribution in [2.24, 2.45) is 10.2 Å². The second kappa shape index (κ2) is 2.13. The van der Waals surface area contributed by atoms with E-state index in [-0.39, 0.29) is 0 Å². The molecule has 0 saturated heterocycles. The van der Waals surface area contributed by atoms with Gasteiger partial charge in [0.2, 0.25) is 0 Å². The molecule has 0 aromatic heterocycles. The van der Waals surface area contributed by atoms with Crippen LogP contribution in [0, 0.1) is 0 Å². The first-order valence-electron chi connectivity index (χ1n) is 2.44. The van der Waals surface area contributed by atoms with Gasteiger partial charge in [-0.05, 0) is 13.8 Å². The van der Waals surface area contributed by atoms with Crippen LogP contribution in [-0.4, -0.2) is 15.3 Å². The van der Waals surface area contributed by atoms with Gasteiger partial charge in [-0.25, -0.2) is 0 Å². The van der Waals surface area contributed by atoms with Crippen LogP contribution in [0.25, 0.3) is 0 Å². The summed E-state index contributed by atoms with van der Waals surface area (Å²) in [6.45, 7) is 3.99. The summed E-state index contributed by atoms with van der Waals surface area (Å²) < 4.78 is 0.451. The predicted molar refractivity (Wildman–Crippen MR) is 44.0 cm³/mol. The van der Waals surface area contributed by atoms with Crippen molar-refractivity contribution in [2.75, 3.05) is 0 Å². The largest absolute Gasteiger partial charge is 0.159 e. The Labute approximate surface area is 62.2 Å². The number of halogens is 1. The van der Waals surface area contributed by atoms with Crippen LogP contribution in [0.5, 0.6) is 0 Å². The Balaban J connectivity index is 2.75. The quantitative estimate of drug-likeness (QED) is 0.439. The maximum atomic E-state index is 3.90. The fraction of sp³-hybridized carbons (Fsp3) is 0.600. The molecule has 44 valence electrons. The minimum atomic E-state index is 0.451. The van der Waals surface area contributed by atoms with Crippen molar-refractivity contribution in [3.8, 4) is 0 Å². The molecular weight excluding hydrogens is 215 g/mol. The average Bonchev–Trinajstić information content (AvgIpc) is 1.98. The van der Waals surface area contributed by atoms with E-state index in [9.17, 15) is 0 Å². The molecule has 0 amide bonds. The standard InChI is InChI=1S/C5H7IN2/c1-3-5(6)4(2)8-7-3/h5H,1-2H3. The van der Waals surface area contributed by atoms with Gasteiger partial charge in [-0.3, -0.25) is 0 Å². The van der Waals surface area contributed by atoms with Crippen LogP contribution in [0.1, 0.15) is 13.8 Å².